The van der Waals surface area contributed by atoms with Gasteiger partial charge in [-0.2, -0.15) is 13.2 Å². The minimum absolute atomic E-state index is 0.0376. The van der Waals surface area contributed by atoms with Crippen LogP contribution in [0.3, 0.4) is 0 Å². The van der Waals surface area contributed by atoms with Gasteiger partial charge in [0.1, 0.15) is 0 Å². The molecule has 5 rings (SSSR count). The van der Waals surface area contributed by atoms with E-state index >= 15 is 0 Å². The lowest BCUT2D eigenvalue weighted by Crippen LogP contribution is -2.47. The van der Waals surface area contributed by atoms with Crippen molar-refractivity contribution in [3.63, 3.8) is 0 Å². The number of carbonyl (C=O) groups is 1. The van der Waals surface area contributed by atoms with Crippen molar-refractivity contribution in [1.82, 2.24) is 15.2 Å². The molecule has 1 aromatic heterocycles. The summed E-state index contributed by atoms with van der Waals surface area (Å²) in [5, 5.41) is 2.88. The summed E-state index contributed by atoms with van der Waals surface area (Å²) in [5.41, 5.74) is -0.340. The number of aromatic nitrogens is 1. The first-order valence-electron chi connectivity index (χ1n) is 13.5. The highest BCUT2D eigenvalue weighted by molar-refractivity contribution is 5.84. The molecule has 208 valence electrons. The average Bonchev–Trinajstić information content (AvgIpc) is 3.45. The summed E-state index contributed by atoms with van der Waals surface area (Å²) in [6.07, 6.45) is 5.43. The third-order valence-electron chi connectivity index (χ3n) is 8.66. The number of alkyl halides is 5. The minimum atomic E-state index is -4.47. The Labute approximate surface area is 215 Å². The van der Waals surface area contributed by atoms with Crippen LogP contribution in [-0.2, 0) is 28.7 Å². The monoisotopic (exact) mass is 531 g/mol. The summed E-state index contributed by atoms with van der Waals surface area (Å²) >= 11 is 0. The number of halogens is 5. The molecular formula is C27H38F5N3O2. The Morgan fingerprint density at radius 1 is 1.22 bits per heavy atom. The van der Waals surface area contributed by atoms with E-state index in [-0.39, 0.29) is 31.0 Å². The highest BCUT2D eigenvalue weighted by Gasteiger charge is 2.56. The van der Waals surface area contributed by atoms with Crippen molar-refractivity contribution in [3.8, 4) is 0 Å². The van der Waals surface area contributed by atoms with E-state index in [2.05, 4.69) is 10.3 Å². The van der Waals surface area contributed by atoms with E-state index in [4.69, 9.17) is 4.74 Å². The number of carbonyl (C=O) groups excluding carboxylic acids is 1. The number of ether oxygens (including phenoxy) is 1. The zero-order chi connectivity index (χ0) is 26.6. The standard InChI is InChI=1S/C20H24F5N3O.C7H14O/c21-17(22)10-26-15-7-13-2-1-4-19(13,8-15)18(29)28-5-3-16-12(11-28)6-14(9-27-16)20(23,24)25;1-8-7-5-3-2-4-6-7/h6,9,13,15,17,26H,1-5,7-8,10-11H2;7H,2-6H2,1H3. The second-order valence-electron chi connectivity index (χ2n) is 11.0. The van der Waals surface area contributed by atoms with Crippen molar-refractivity contribution in [2.24, 2.45) is 11.3 Å². The average molecular weight is 532 g/mol. The van der Waals surface area contributed by atoms with Crippen molar-refractivity contribution in [2.45, 2.75) is 102 Å². The Morgan fingerprint density at radius 2 is 1.97 bits per heavy atom. The maximum Gasteiger partial charge on any atom is 0.417 e. The van der Waals surface area contributed by atoms with Gasteiger partial charge in [-0.25, -0.2) is 8.78 Å². The van der Waals surface area contributed by atoms with E-state index in [0.717, 1.165) is 25.1 Å². The van der Waals surface area contributed by atoms with Crippen LogP contribution in [0, 0.1) is 11.3 Å². The van der Waals surface area contributed by atoms with E-state index in [1.165, 1.54) is 32.1 Å². The van der Waals surface area contributed by atoms with E-state index in [0.29, 0.717) is 49.6 Å². The van der Waals surface area contributed by atoms with Gasteiger partial charge in [0.2, 0.25) is 5.91 Å². The second-order valence-corrected chi connectivity index (χ2v) is 11.0. The van der Waals surface area contributed by atoms with Crippen LogP contribution in [0.2, 0.25) is 0 Å². The highest BCUT2D eigenvalue weighted by atomic mass is 19.4. The third-order valence-corrected chi connectivity index (χ3v) is 8.66. The van der Waals surface area contributed by atoms with Crippen molar-refractivity contribution >= 4 is 5.91 Å². The Morgan fingerprint density at radius 3 is 2.62 bits per heavy atom. The molecule has 1 aliphatic heterocycles. The van der Waals surface area contributed by atoms with Crippen LogP contribution in [-0.4, -0.2) is 54.6 Å². The maximum absolute atomic E-state index is 13.5. The van der Waals surface area contributed by atoms with Gasteiger partial charge in [0.05, 0.1) is 23.6 Å². The molecule has 3 saturated carbocycles. The Kier molecular flexibility index (Phi) is 9.09. The van der Waals surface area contributed by atoms with Crippen molar-refractivity contribution in [2.75, 3.05) is 20.2 Å². The lowest BCUT2D eigenvalue weighted by molar-refractivity contribution is -0.144. The first-order valence-corrected chi connectivity index (χ1v) is 13.5. The Balaban J connectivity index is 0.000000342. The number of hydrogen-bond donors (Lipinski definition) is 1. The molecule has 37 heavy (non-hydrogen) atoms. The highest BCUT2D eigenvalue weighted by Crippen LogP contribution is 2.55. The van der Waals surface area contributed by atoms with Crippen molar-refractivity contribution < 1.29 is 31.5 Å². The van der Waals surface area contributed by atoms with Gasteiger partial charge in [-0.1, -0.05) is 25.7 Å². The molecule has 2 heterocycles. The van der Waals surface area contributed by atoms with Gasteiger partial charge in [-0.3, -0.25) is 9.78 Å². The fourth-order valence-corrected chi connectivity index (χ4v) is 6.77. The molecular weight excluding hydrogens is 493 g/mol. The summed E-state index contributed by atoms with van der Waals surface area (Å²) in [7, 11) is 1.82. The number of rotatable bonds is 5. The van der Waals surface area contributed by atoms with Gasteiger partial charge in [0.15, 0.2) is 0 Å². The Hall–Kier alpha value is -1.81. The van der Waals surface area contributed by atoms with Gasteiger partial charge in [0.25, 0.3) is 6.43 Å². The van der Waals surface area contributed by atoms with Crippen molar-refractivity contribution in [1.29, 1.82) is 0 Å². The second kappa shape index (κ2) is 11.9. The normalized spacial score (nSPS) is 28.0. The first-order chi connectivity index (χ1) is 17.6. The fraction of sp³-hybridized carbons (Fsp3) is 0.778. The number of methoxy groups -OCH3 is 1. The van der Waals surface area contributed by atoms with Crippen LogP contribution in [0.4, 0.5) is 22.0 Å². The zero-order valence-corrected chi connectivity index (χ0v) is 21.5. The largest absolute Gasteiger partial charge is 0.417 e. The number of nitrogens with zero attached hydrogens (tertiary/aromatic N) is 2. The predicted octanol–water partition coefficient (Wildman–Crippen LogP) is 5.75. The fourth-order valence-electron chi connectivity index (χ4n) is 6.77. The maximum atomic E-state index is 13.5. The molecule has 4 aliphatic rings. The molecule has 1 amide bonds. The van der Waals surface area contributed by atoms with Crippen LogP contribution in [0.1, 0.15) is 81.0 Å². The molecule has 3 aliphatic carbocycles. The van der Waals surface area contributed by atoms with Gasteiger partial charge >= 0.3 is 6.18 Å². The SMILES string of the molecule is COC1CCCCC1.O=C(N1CCc2ncc(C(F)(F)F)cc2C1)C12CCCC1CC(NCC(F)F)C2. The van der Waals surface area contributed by atoms with E-state index in [9.17, 15) is 26.7 Å². The molecule has 0 bridgehead atoms. The van der Waals surface area contributed by atoms with E-state index in [1.807, 2.05) is 7.11 Å². The van der Waals surface area contributed by atoms with E-state index in [1.54, 1.807) is 4.90 Å². The smallest absolute Gasteiger partial charge is 0.381 e. The lowest BCUT2D eigenvalue weighted by atomic mass is 9.78. The van der Waals surface area contributed by atoms with Gasteiger partial charge in [0, 0.05) is 44.6 Å². The summed E-state index contributed by atoms with van der Waals surface area (Å²) < 4.78 is 69.4. The Bertz CT molecular complexity index is 922. The quantitative estimate of drug-likeness (QED) is 0.492. The topological polar surface area (TPSA) is 54.5 Å². The summed E-state index contributed by atoms with van der Waals surface area (Å²) in [6, 6.07) is 0.974. The van der Waals surface area contributed by atoms with Gasteiger partial charge < -0.3 is 15.0 Å². The number of pyridine rings is 1. The molecule has 1 aromatic rings. The summed E-state index contributed by atoms with van der Waals surface area (Å²) in [5.74, 6) is 0.107. The van der Waals surface area contributed by atoms with Crippen LogP contribution in [0.25, 0.3) is 0 Å². The molecule has 5 nitrogen and oxygen atoms in total. The summed E-state index contributed by atoms with van der Waals surface area (Å²) in [4.78, 5) is 19.1. The van der Waals surface area contributed by atoms with Crippen LogP contribution >= 0.6 is 0 Å². The number of nitrogens with one attached hydrogen (secondary N) is 1. The van der Waals surface area contributed by atoms with Gasteiger partial charge in [-0.15, -0.1) is 0 Å². The lowest BCUT2D eigenvalue weighted by Gasteiger charge is -2.37. The summed E-state index contributed by atoms with van der Waals surface area (Å²) in [6.45, 7) is 0.160. The minimum Gasteiger partial charge on any atom is -0.381 e. The molecule has 0 spiro atoms. The molecule has 0 saturated heterocycles. The van der Waals surface area contributed by atoms with Crippen molar-refractivity contribution in [3.05, 3.63) is 29.1 Å². The van der Waals surface area contributed by atoms with Crippen LogP contribution in [0.5, 0.6) is 0 Å². The molecule has 3 fully saturated rings. The molecule has 1 N–H and O–H groups in total. The number of amides is 1. The zero-order valence-electron chi connectivity index (χ0n) is 21.5. The molecule has 0 aromatic carbocycles. The predicted molar refractivity (Wildman–Crippen MR) is 129 cm³/mol. The first kappa shape index (κ1) is 28.2. The molecule has 10 heteroatoms. The number of fused-ring (bicyclic) bond motifs is 2. The van der Waals surface area contributed by atoms with Crippen LogP contribution < -0.4 is 5.32 Å². The van der Waals surface area contributed by atoms with E-state index < -0.39 is 23.6 Å². The van der Waals surface area contributed by atoms with Gasteiger partial charge in [-0.05, 0) is 56.1 Å². The van der Waals surface area contributed by atoms with Crippen LogP contribution in [0.15, 0.2) is 12.3 Å². The third kappa shape index (κ3) is 6.61. The number of hydrogen-bond acceptors (Lipinski definition) is 4. The molecule has 3 atom stereocenters. The molecule has 0 radical (unpaired) electrons. The molecule has 3 unspecified atom stereocenters.